The van der Waals surface area contributed by atoms with Gasteiger partial charge in [-0.15, -0.1) is 0 Å². The first-order chi connectivity index (χ1) is 7.11. The number of urea groups is 1. The van der Waals surface area contributed by atoms with Gasteiger partial charge in [-0.25, -0.2) is 4.79 Å². The van der Waals surface area contributed by atoms with Gasteiger partial charge in [0.25, 0.3) is 0 Å². The Balaban J connectivity index is 2.60. The van der Waals surface area contributed by atoms with Crippen molar-refractivity contribution in [3.63, 3.8) is 0 Å². The third-order valence-electron chi connectivity index (χ3n) is 2.08. The fourth-order valence-electron chi connectivity index (χ4n) is 1.39. The van der Waals surface area contributed by atoms with Crippen LogP contribution >= 0.6 is 0 Å². The predicted octanol–water partition coefficient (Wildman–Crippen LogP) is 2.64. The molecule has 82 valence electrons. The van der Waals surface area contributed by atoms with E-state index in [0.717, 1.165) is 12.1 Å². The molecule has 0 fully saturated rings. The van der Waals surface area contributed by atoms with Gasteiger partial charge in [0.15, 0.2) is 0 Å². The van der Waals surface area contributed by atoms with Crippen molar-refractivity contribution in [2.24, 2.45) is 5.92 Å². The van der Waals surface area contributed by atoms with Gasteiger partial charge in [-0.2, -0.15) is 0 Å². The van der Waals surface area contributed by atoms with E-state index in [1.54, 1.807) is 7.05 Å². The van der Waals surface area contributed by atoms with E-state index in [2.05, 4.69) is 24.5 Å². The van der Waals surface area contributed by atoms with Crippen molar-refractivity contribution in [3.05, 3.63) is 29.8 Å². The molecule has 3 nitrogen and oxygen atoms in total. The smallest absolute Gasteiger partial charge is 0.318 e. The Kier molecular flexibility index (Phi) is 4.16. The molecule has 0 unspecified atom stereocenters. The quantitative estimate of drug-likeness (QED) is 0.784. The van der Waals surface area contributed by atoms with Crippen LogP contribution in [0.5, 0.6) is 0 Å². The van der Waals surface area contributed by atoms with Gasteiger partial charge in [0, 0.05) is 12.7 Å². The molecule has 15 heavy (non-hydrogen) atoms. The number of benzene rings is 1. The number of nitrogens with one attached hydrogen (secondary N) is 2. The maximum atomic E-state index is 11.0. The summed E-state index contributed by atoms with van der Waals surface area (Å²) < 4.78 is 0. The van der Waals surface area contributed by atoms with Crippen LogP contribution in [-0.2, 0) is 6.42 Å². The van der Waals surface area contributed by atoms with Crippen LogP contribution in [0, 0.1) is 5.92 Å². The first-order valence-electron chi connectivity index (χ1n) is 5.19. The summed E-state index contributed by atoms with van der Waals surface area (Å²) in [6, 6.07) is 7.75. The van der Waals surface area contributed by atoms with E-state index in [1.165, 1.54) is 5.56 Å². The van der Waals surface area contributed by atoms with Crippen molar-refractivity contribution >= 4 is 11.7 Å². The molecule has 0 atom stereocenters. The highest BCUT2D eigenvalue weighted by atomic mass is 16.2. The van der Waals surface area contributed by atoms with Gasteiger partial charge in [0.1, 0.15) is 0 Å². The van der Waals surface area contributed by atoms with Crippen LogP contribution < -0.4 is 10.6 Å². The molecule has 2 amide bonds. The molecule has 0 aromatic heterocycles. The monoisotopic (exact) mass is 206 g/mol. The minimum Gasteiger partial charge on any atom is -0.341 e. The summed E-state index contributed by atoms with van der Waals surface area (Å²) >= 11 is 0. The van der Waals surface area contributed by atoms with Crippen molar-refractivity contribution in [1.29, 1.82) is 0 Å². The molecule has 0 saturated heterocycles. The van der Waals surface area contributed by atoms with Crippen LogP contribution in [0.15, 0.2) is 24.3 Å². The number of anilines is 1. The Morgan fingerprint density at radius 3 is 2.33 bits per heavy atom. The lowest BCUT2D eigenvalue weighted by molar-refractivity contribution is 0.254. The van der Waals surface area contributed by atoms with Gasteiger partial charge < -0.3 is 10.6 Å². The summed E-state index contributed by atoms with van der Waals surface area (Å²) in [5.74, 6) is 0.655. The average molecular weight is 206 g/mol. The topological polar surface area (TPSA) is 41.1 Å². The summed E-state index contributed by atoms with van der Waals surface area (Å²) in [7, 11) is 1.60. The molecule has 0 aliphatic carbocycles. The molecule has 0 saturated carbocycles. The van der Waals surface area contributed by atoms with Crippen molar-refractivity contribution in [1.82, 2.24) is 5.32 Å². The lowest BCUT2D eigenvalue weighted by Gasteiger charge is -2.07. The standard InChI is InChI=1S/C12H18N2O/c1-9(2)8-10-4-6-11(7-5-10)14-12(15)13-3/h4-7,9H,8H2,1-3H3,(H2,13,14,15). The largest absolute Gasteiger partial charge is 0.341 e. The fraction of sp³-hybridized carbons (Fsp3) is 0.417. The van der Waals surface area contributed by atoms with Crippen LogP contribution in [0.2, 0.25) is 0 Å². The summed E-state index contributed by atoms with van der Waals surface area (Å²) in [4.78, 5) is 11.0. The molecule has 1 aromatic carbocycles. The molecule has 0 heterocycles. The number of amides is 2. The molecule has 0 aliphatic heterocycles. The maximum absolute atomic E-state index is 11.0. The van der Waals surface area contributed by atoms with Crippen molar-refractivity contribution in [2.45, 2.75) is 20.3 Å². The van der Waals surface area contributed by atoms with Gasteiger partial charge in [-0.3, -0.25) is 0 Å². The SMILES string of the molecule is CNC(=O)Nc1ccc(CC(C)C)cc1. The number of hydrogen-bond acceptors (Lipinski definition) is 1. The predicted molar refractivity (Wildman–Crippen MR) is 63.1 cm³/mol. The van der Waals surface area contributed by atoms with Crippen LogP contribution in [0.25, 0.3) is 0 Å². The first-order valence-corrected chi connectivity index (χ1v) is 5.19. The molecular formula is C12H18N2O. The second-order valence-electron chi connectivity index (χ2n) is 4.00. The normalized spacial score (nSPS) is 10.1. The third-order valence-corrected chi connectivity index (χ3v) is 2.08. The number of hydrogen-bond donors (Lipinski definition) is 2. The van der Waals surface area contributed by atoms with E-state index in [-0.39, 0.29) is 6.03 Å². The van der Waals surface area contributed by atoms with Crippen molar-refractivity contribution in [3.8, 4) is 0 Å². The Morgan fingerprint density at radius 2 is 1.87 bits per heavy atom. The lowest BCUT2D eigenvalue weighted by atomic mass is 10.0. The van der Waals surface area contributed by atoms with Crippen LogP contribution in [0.3, 0.4) is 0 Å². The summed E-state index contributed by atoms with van der Waals surface area (Å²) in [6.45, 7) is 4.38. The second-order valence-corrected chi connectivity index (χ2v) is 4.00. The van der Waals surface area contributed by atoms with Gasteiger partial charge in [0.05, 0.1) is 0 Å². The zero-order valence-electron chi connectivity index (χ0n) is 9.50. The third kappa shape index (κ3) is 4.02. The molecule has 0 aliphatic rings. The van der Waals surface area contributed by atoms with Crippen LogP contribution in [-0.4, -0.2) is 13.1 Å². The Bertz CT molecular complexity index is 317. The summed E-state index contributed by atoms with van der Waals surface area (Å²) in [6.07, 6.45) is 1.07. The highest BCUT2D eigenvalue weighted by molar-refractivity contribution is 5.88. The van der Waals surface area contributed by atoms with E-state index in [1.807, 2.05) is 24.3 Å². The Labute approximate surface area is 90.9 Å². The molecule has 1 rings (SSSR count). The van der Waals surface area contributed by atoms with Gasteiger partial charge in [0.2, 0.25) is 0 Å². The van der Waals surface area contributed by atoms with E-state index in [4.69, 9.17) is 0 Å². The first kappa shape index (κ1) is 11.6. The van der Waals surface area contributed by atoms with Crippen molar-refractivity contribution < 1.29 is 4.79 Å². The summed E-state index contributed by atoms with van der Waals surface area (Å²) in [5.41, 5.74) is 2.12. The molecule has 3 heteroatoms. The molecule has 1 aromatic rings. The molecule has 0 bridgehead atoms. The number of carbonyl (C=O) groups is 1. The van der Waals surface area contributed by atoms with Gasteiger partial charge in [-0.1, -0.05) is 26.0 Å². The zero-order chi connectivity index (χ0) is 11.3. The number of rotatable bonds is 3. The Morgan fingerprint density at radius 1 is 1.27 bits per heavy atom. The van der Waals surface area contributed by atoms with E-state index in [0.29, 0.717) is 5.92 Å². The molecule has 2 N–H and O–H groups in total. The highest BCUT2D eigenvalue weighted by Gasteiger charge is 2.00. The Hall–Kier alpha value is -1.51. The lowest BCUT2D eigenvalue weighted by Crippen LogP contribution is -2.24. The minimum atomic E-state index is -0.188. The van der Waals surface area contributed by atoms with Gasteiger partial charge >= 0.3 is 6.03 Å². The van der Waals surface area contributed by atoms with E-state index >= 15 is 0 Å². The van der Waals surface area contributed by atoms with E-state index < -0.39 is 0 Å². The highest BCUT2D eigenvalue weighted by Crippen LogP contribution is 2.12. The molecular weight excluding hydrogens is 188 g/mol. The van der Waals surface area contributed by atoms with Crippen LogP contribution in [0.1, 0.15) is 19.4 Å². The average Bonchev–Trinajstić information content (AvgIpc) is 2.20. The summed E-state index contributed by atoms with van der Waals surface area (Å²) in [5, 5.41) is 5.23. The zero-order valence-corrected chi connectivity index (χ0v) is 9.50. The maximum Gasteiger partial charge on any atom is 0.318 e. The second kappa shape index (κ2) is 5.39. The number of carbonyl (C=O) groups excluding carboxylic acids is 1. The van der Waals surface area contributed by atoms with E-state index in [9.17, 15) is 4.79 Å². The van der Waals surface area contributed by atoms with Gasteiger partial charge in [-0.05, 0) is 30.0 Å². The molecule has 0 radical (unpaired) electrons. The molecule has 0 spiro atoms. The fourth-order valence-corrected chi connectivity index (χ4v) is 1.39. The minimum absolute atomic E-state index is 0.188. The van der Waals surface area contributed by atoms with Crippen LogP contribution in [0.4, 0.5) is 10.5 Å². The van der Waals surface area contributed by atoms with Crippen molar-refractivity contribution in [2.75, 3.05) is 12.4 Å².